The molecular formula is C24H26LiO2P. The molecule has 2 atom stereocenters. The van der Waals surface area contributed by atoms with E-state index in [1.165, 1.54) is 0 Å². The van der Waals surface area contributed by atoms with Gasteiger partial charge >= 0.3 is 18.9 Å². The summed E-state index contributed by atoms with van der Waals surface area (Å²) in [4.78, 5) is 13.6. The number of rotatable bonds is 5. The first-order chi connectivity index (χ1) is 12.9. The molecule has 0 saturated heterocycles. The van der Waals surface area contributed by atoms with Gasteiger partial charge in [0.25, 0.3) is 0 Å². The molecule has 3 rings (SSSR count). The van der Waals surface area contributed by atoms with Gasteiger partial charge in [-0.25, -0.2) is 0 Å². The molecule has 3 aromatic rings. The molecule has 0 saturated carbocycles. The second-order valence-electron chi connectivity index (χ2n) is 7.06. The molecule has 0 aliphatic rings. The van der Waals surface area contributed by atoms with Crippen LogP contribution in [0.25, 0.3) is 0 Å². The van der Waals surface area contributed by atoms with E-state index in [1.807, 2.05) is 76.2 Å². The van der Waals surface area contributed by atoms with Crippen molar-refractivity contribution in [1.82, 2.24) is 0 Å². The van der Waals surface area contributed by atoms with E-state index in [0.717, 1.165) is 38.7 Å². The van der Waals surface area contributed by atoms with E-state index in [4.69, 9.17) is 4.74 Å². The first kappa shape index (κ1) is 22.4. The van der Waals surface area contributed by atoms with Gasteiger partial charge in [-0.2, -0.15) is 0 Å². The fraction of sp³-hybridized carbons (Fsp3) is 0.208. The molecule has 0 spiro atoms. The third-order valence-corrected chi connectivity index (χ3v) is 5.15. The van der Waals surface area contributed by atoms with Gasteiger partial charge in [0.05, 0.1) is 0 Å². The first-order valence-electron chi connectivity index (χ1n) is 9.06. The topological polar surface area (TPSA) is 26.3 Å². The number of hydrogen-bond donors (Lipinski definition) is 0. The molecule has 0 N–H and O–H groups in total. The Hall–Kier alpha value is -1.84. The molecule has 0 aliphatic carbocycles. The first-order valence-corrected chi connectivity index (χ1v) is 9.64. The number of carbonyl (C=O) groups excluding carboxylic acids is 1. The minimum atomic E-state index is -0.679. The van der Waals surface area contributed by atoms with Crippen molar-refractivity contribution in [3.8, 4) is 5.75 Å². The summed E-state index contributed by atoms with van der Waals surface area (Å²) in [5.74, 6) is 0.680. The van der Waals surface area contributed by atoms with E-state index >= 15 is 0 Å². The molecule has 0 amide bonds. The van der Waals surface area contributed by atoms with Crippen LogP contribution in [0.3, 0.4) is 0 Å². The summed E-state index contributed by atoms with van der Waals surface area (Å²) in [6.45, 7) is 8.05. The number of aryl methyl sites for hydroxylation is 4. The number of carbonyl (C=O) groups is 1. The van der Waals surface area contributed by atoms with E-state index in [1.54, 1.807) is 0 Å². The van der Waals surface area contributed by atoms with Gasteiger partial charge in [0, 0.05) is 11.1 Å². The number of Topliss-reactive ketones (excluding diaryl/α,β-unsaturated/α-hetero) is 1. The second kappa shape index (κ2) is 9.57. The van der Waals surface area contributed by atoms with Gasteiger partial charge in [-0.15, -0.1) is 9.24 Å². The fourth-order valence-electron chi connectivity index (χ4n) is 3.52. The quantitative estimate of drug-likeness (QED) is 0.360. The van der Waals surface area contributed by atoms with Crippen molar-refractivity contribution in [2.45, 2.75) is 33.8 Å². The zero-order chi connectivity index (χ0) is 19.6. The Bertz CT molecular complexity index is 957. The Morgan fingerprint density at radius 3 is 2.00 bits per heavy atom. The Balaban J connectivity index is 0.00000280. The Morgan fingerprint density at radius 2 is 1.43 bits per heavy atom. The molecule has 0 radical (unpaired) electrons. The third kappa shape index (κ3) is 4.95. The van der Waals surface area contributed by atoms with Gasteiger partial charge in [-0.05, 0) is 61.8 Å². The summed E-state index contributed by atoms with van der Waals surface area (Å²) in [5.41, 5.74) is 5.82. The normalized spacial score (nSPS) is 11.5. The Kier molecular flexibility index (Phi) is 7.68. The van der Waals surface area contributed by atoms with E-state index in [-0.39, 0.29) is 24.6 Å². The van der Waals surface area contributed by atoms with Gasteiger partial charge in [0.2, 0.25) is 5.78 Å². The summed E-state index contributed by atoms with van der Waals surface area (Å²) in [6, 6.07) is 19.7. The van der Waals surface area contributed by atoms with Gasteiger partial charge in [0.1, 0.15) is 5.75 Å². The van der Waals surface area contributed by atoms with E-state index < -0.39 is 6.10 Å². The number of benzene rings is 3. The number of ketones is 1. The summed E-state index contributed by atoms with van der Waals surface area (Å²) in [5, 5.41) is 1.08. The molecular weight excluding hydrogens is 358 g/mol. The van der Waals surface area contributed by atoms with Crippen LogP contribution in [0.1, 0.15) is 44.3 Å². The van der Waals surface area contributed by atoms with Crippen LogP contribution in [0.2, 0.25) is 0 Å². The van der Waals surface area contributed by atoms with Crippen LogP contribution in [0.4, 0.5) is 0 Å². The predicted octanol–water partition coefficient (Wildman–Crippen LogP) is 4.78. The zero-order valence-electron chi connectivity index (χ0n) is 16.2. The van der Waals surface area contributed by atoms with Crippen molar-refractivity contribution >= 4 is 39.2 Å². The van der Waals surface area contributed by atoms with Crippen LogP contribution in [-0.2, 0) is 0 Å². The molecule has 0 bridgehead atoms. The molecule has 0 fully saturated rings. The fourth-order valence-corrected chi connectivity index (χ4v) is 3.71. The molecule has 28 heavy (non-hydrogen) atoms. The maximum atomic E-state index is 13.6. The van der Waals surface area contributed by atoms with Crippen LogP contribution in [0.5, 0.6) is 5.75 Å². The summed E-state index contributed by atoms with van der Waals surface area (Å²) in [6.07, 6.45) is -0.679. The van der Waals surface area contributed by atoms with E-state index in [9.17, 15) is 4.79 Å². The third-order valence-electron chi connectivity index (χ3n) is 4.77. The van der Waals surface area contributed by atoms with Crippen molar-refractivity contribution < 1.29 is 9.53 Å². The van der Waals surface area contributed by atoms with Crippen LogP contribution in [0.15, 0.2) is 60.7 Å². The van der Waals surface area contributed by atoms with Gasteiger partial charge in [-0.1, -0.05) is 54.1 Å². The van der Waals surface area contributed by atoms with E-state index in [0.29, 0.717) is 5.75 Å². The second-order valence-corrected chi connectivity index (χ2v) is 7.73. The van der Waals surface area contributed by atoms with Crippen LogP contribution in [0, 0.1) is 27.7 Å². The van der Waals surface area contributed by atoms with Crippen LogP contribution in [-0.4, -0.2) is 24.6 Å². The Labute approximate surface area is 182 Å². The van der Waals surface area contributed by atoms with Crippen molar-refractivity contribution in [2.24, 2.45) is 0 Å². The van der Waals surface area contributed by atoms with Gasteiger partial charge < -0.3 is 4.74 Å². The van der Waals surface area contributed by atoms with Crippen LogP contribution < -0.4 is 10.0 Å². The van der Waals surface area contributed by atoms with Crippen LogP contribution >= 0.6 is 9.24 Å². The molecule has 0 aromatic heterocycles. The minimum absolute atomic E-state index is 0. The summed E-state index contributed by atoms with van der Waals surface area (Å²) < 4.78 is 6.23. The van der Waals surface area contributed by atoms with Crippen molar-refractivity contribution in [1.29, 1.82) is 0 Å². The van der Waals surface area contributed by atoms with Crippen molar-refractivity contribution in [3.05, 3.63) is 94.0 Å². The average molecular weight is 384 g/mol. The van der Waals surface area contributed by atoms with Crippen molar-refractivity contribution in [2.75, 3.05) is 0 Å². The maximum absolute atomic E-state index is 13.6. The van der Waals surface area contributed by atoms with Gasteiger partial charge in [-0.3, -0.25) is 4.79 Å². The summed E-state index contributed by atoms with van der Waals surface area (Å²) >= 11 is 0. The number of hydrogen-bond acceptors (Lipinski definition) is 2. The molecule has 4 heteroatoms. The van der Waals surface area contributed by atoms with Crippen molar-refractivity contribution in [3.63, 3.8) is 0 Å². The monoisotopic (exact) mass is 384 g/mol. The molecule has 0 aliphatic heterocycles. The van der Waals surface area contributed by atoms with E-state index in [2.05, 4.69) is 21.4 Å². The molecule has 2 unspecified atom stereocenters. The summed E-state index contributed by atoms with van der Waals surface area (Å²) in [7, 11) is 2.66. The average Bonchev–Trinajstić information content (AvgIpc) is 2.61. The predicted molar refractivity (Wildman–Crippen MR) is 122 cm³/mol. The SMILES string of the molecule is Cc1cc(C)c(C(=O)C(Oc2ccc(P)cc2)c2ccccc2C)c(C)c1.[LiH]. The molecule has 2 nitrogen and oxygen atoms in total. The number of ether oxygens (including phenoxy) is 1. The standard InChI is InChI=1S/C24H25O2P.Li.H/c1-15-13-17(3)22(18(4)14-15)23(25)24(21-8-6-5-7-16(21)2)26-19-9-11-20(27)12-10-19;;/h5-14,24H,27H2,1-4H3;;. The molecule has 0 heterocycles. The Morgan fingerprint density at radius 1 is 0.857 bits per heavy atom. The van der Waals surface area contributed by atoms with Gasteiger partial charge in [0.15, 0.2) is 6.10 Å². The molecule has 3 aromatic carbocycles. The molecule has 140 valence electrons. The zero-order valence-corrected chi connectivity index (χ0v) is 17.4.